The summed E-state index contributed by atoms with van der Waals surface area (Å²) in [5, 5.41) is 0. The summed E-state index contributed by atoms with van der Waals surface area (Å²) in [5.74, 6) is -0.0468. The molecule has 0 atom stereocenters. The molecule has 1 saturated heterocycles. The van der Waals surface area contributed by atoms with Crippen LogP contribution in [-0.4, -0.2) is 95.5 Å². The topological polar surface area (TPSA) is 78.9 Å². The Hall–Kier alpha value is -2.06. The Kier molecular flexibility index (Phi) is 10.7. The van der Waals surface area contributed by atoms with Gasteiger partial charge in [0.05, 0.1) is 25.1 Å². The molecular weight excluding hydrogens is 382 g/mol. The second-order valence-electron chi connectivity index (χ2n) is 7.77. The zero-order chi connectivity index (χ0) is 21.8. The number of morpholine rings is 1. The maximum atomic E-state index is 13.0. The summed E-state index contributed by atoms with van der Waals surface area (Å²) in [7, 11) is 0. The second-order valence-corrected chi connectivity index (χ2v) is 7.77. The summed E-state index contributed by atoms with van der Waals surface area (Å²) < 4.78 is 5.40. The van der Waals surface area contributed by atoms with Crippen molar-refractivity contribution < 1.29 is 14.3 Å². The maximum absolute atomic E-state index is 13.0. The molecule has 1 aromatic heterocycles. The molecule has 0 saturated carbocycles. The maximum Gasteiger partial charge on any atom is 0.274 e. The molecule has 0 bridgehead atoms. The van der Waals surface area contributed by atoms with E-state index in [1.54, 1.807) is 11.1 Å². The molecule has 0 unspecified atom stereocenters. The fraction of sp³-hybridized carbons (Fsp3) is 0.727. The van der Waals surface area contributed by atoms with Crippen LogP contribution in [0.2, 0.25) is 0 Å². The molecule has 0 aromatic carbocycles. The molecule has 30 heavy (non-hydrogen) atoms. The Bertz CT molecular complexity index is 641. The van der Waals surface area contributed by atoms with E-state index >= 15 is 0 Å². The van der Waals surface area contributed by atoms with Gasteiger partial charge in [0.2, 0.25) is 5.91 Å². The van der Waals surface area contributed by atoms with Gasteiger partial charge in [0.15, 0.2) is 0 Å². The van der Waals surface area contributed by atoms with E-state index in [4.69, 9.17) is 4.74 Å². The van der Waals surface area contributed by atoms with Crippen molar-refractivity contribution in [3.05, 3.63) is 23.8 Å². The van der Waals surface area contributed by atoms with Gasteiger partial charge >= 0.3 is 0 Å². The first-order valence-corrected chi connectivity index (χ1v) is 11.2. The standard InChI is InChI=1S/C22H37N5O3/c1-4-8-26(9-5-2)21(28)7-12-27(11-6-10-25-13-15-30-16-14-25)22(29)20-18-23-19(3)17-24-20/h17-18H,4-16H2,1-3H3. The molecule has 2 amide bonds. The van der Waals surface area contributed by atoms with Gasteiger partial charge in [-0.15, -0.1) is 0 Å². The van der Waals surface area contributed by atoms with Crippen LogP contribution < -0.4 is 0 Å². The van der Waals surface area contributed by atoms with Crippen LogP contribution in [-0.2, 0) is 9.53 Å². The number of ether oxygens (including phenoxy) is 1. The smallest absolute Gasteiger partial charge is 0.274 e. The monoisotopic (exact) mass is 419 g/mol. The van der Waals surface area contributed by atoms with Gasteiger partial charge in [0.1, 0.15) is 5.69 Å². The highest BCUT2D eigenvalue weighted by atomic mass is 16.5. The number of carbonyl (C=O) groups is 2. The van der Waals surface area contributed by atoms with Crippen LogP contribution in [0.1, 0.15) is 55.7 Å². The van der Waals surface area contributed by atoms with Crippen LogP contribution in [0.15, 0.2) is 12.4 Å². The molecule has 2 heterocycles. The molecule has 1 fully saturated rings. The molecule has 0 radical (unpaired) electrons. The molecule has 8 heteroatoms. The van der Waals surface area contributed by atoms with Gasteiger partial charge < -0.3 is 14.5 Å². The van der Waals surface area contributed by atoms with Gasteiger partial charge in [-0.05, 0) is 26.2 Å². The number of hydrogen-bond acceptors (Lipinski definition) is 6. The molecule has 0 spiro atoms. The average molecular weight is 420 g/mol. The summed E-state index contributed by atoms with van der Waals surface area (Å²) in [4.78, 5) is 40.2. The molecule has 168 valence electrons. The van der Waals surface area contributed by atoms with E-state index in [2.05, 4.69) is 28.7 Å². The molecule has 8 nitrogen and oxygen atoms in total. The van der Waals surface area contributed by atoms with Gasteiger partial charge in [0.25, 0.3) is 5.91 Å². The third kappa shape index (κ3) is 7.99. The van der Waals surface area contributed by atoms with E-state index in [1.165, 1.54) is 6.20 Å². The molecule has 0 N–H and O–H groups in total. The molecule has 1 aliphatic heterocycles. The lowest BCUT2D eigenvalue weighted by atomic mass is 10.2. The lowest BCUT2D eigenvalue weighted by molar-refractivity contribution is -0.131. The van der Waals surface area contributed by atoms with Gasteiger partial charge in [-0.2, -0.15) is 0 Å². The SMILES string of the molecule is CCCN(CCC)C(=O)CCN(CCCN1CCOCC1)C(=O)c1cnc(C)cn1. The highest BCUT2D eigenvalue weighted by molar-refractivity contribution is 5.92. The lowest BCUT2D eigenvalue weighted by Crippen LogP contribution is -2.41. The number of rotatable bonds is 12. The minimum absolute atomic E-state index is 0.111. The first kappa shape index (κ1) is 24.2. The minimum Gasteiger partial charge on any atom is -0.379 e. The van der Waals surface area contributed by atoms with E-state index in [0.29, 0.717) is 25.2 Å². The molecule has 1 aromatic rings. The van der Waals surface area contributed by atoms with Crippen LogP contribution >= 0.6 is 0 Å². The number of carbonyl (C=O) groups excluding carboxylic acids is 2. The minimum atomic E-state index is -0.158. The summed E-state index contributed by atoms with van der Waals surface area (Å²) in [6.45, 7) is 12.8. The van der Waals surface area contributed by atoms with Gasteiger partial charge in [-0.3, -0.25) is 19.5 Å². The second kappa shape index (κ2) is 13.3. The molecule has 0 aliphatic carbocycles. The number of aryl methyl sites for hydroxylation is 1. The zero-order valence-electron chi connectivity index (χ0n) is 18.8. The third-order valence-corrected chi connectivity index (χ3v) is 5.23. The van der Waals surface area contributed by atoms with Crippen molar-refractivity contribution in [2.75, 3.05) is 59.0 Å². The Morgan fingerprint density at radius 2 is 1.70 bits per heavy atom. The normalized spacial score (nSPS) is 14.5. The van der Waals surface area contributed by atoms with Gasteiger partial charge in [-0.1, -0.05) is 13.8 Å². The van der Waals surface area contributed by atoms with Crippen molar-refractivity contribution in [3.8, 4) is 0 Å². The first-order chi connectivity index (χ1) is 14.5. The summed E-state index contributed by atoms with van der Waals surface area (Å²) in [5.41, 5.74) is 1.11. The van der Waals surface area contributed by atoms with Gasteiger partial charge in [0, 0.05) is 58.4 Å². The fourth-order valence-corrected chi connectivity index (χ4v) is 3.58. The van der Waals surface area contributed by atoms with Crippen LogP contribution in [0.4, 0.5) is 0 Å². The highest BCUT2D eigenvalue weighted by Gasteiger charge is 2.21. The van der Waals surface area contributed by atoms with Crippen molar-refractivity contribution >= 4 is 11.8 Å². The van der Waals surface area contributed by atoms with E-state index in [0.717, 1.165) is 70.9 Å². The van der Waals surface area contributed by atoms with Crippen LogP contribution in [0.25, 0.3) is 0 Å². The molecule has 1 aliphatic rings. The number of hydrogen-bond donors (Lipinski definition) is 0. The Labute approximate surface area is 180 Å². The first-order valence-electron chi connectivity index (χ1n) is 11.2. The Balaban J connectivity index is 1.97. The van der Waals surface area contributed by atoms with E-state index < -0.39 is 0 Å². The van der Waals surface area contributed by atoms with Crippen LogP contribution in [0.5, 0.6) is 0 Å². The van der Waals surface area contributed by atoms with Crippen LogP contribution in [0, 0.1) is 6.92 Å². The number of amides is 2. The Morgan fingerprint density at radius 3 is 2.30 bits per heavy atom. The van der Waals surface area contributed by atoms with Crippen molar-refractivity contribution in [1.29, 1.82) is 0 Å². The van der Waals surface area contributed by atoms with Crippen molar-refractivity contribution in [2.45, 2.75) is 46.5 Å². The molecular formula is C22H37N5O3. The predicted octanol–water partition coefficient (Wildman–Crippen LogP) is 1.99. The van der Waals surface area contributed by atoms with E-state index in [1.807, 2.05) is 11.8 Å². The van der Waals surface area contributed by atoms with Crippen molar-refractivity contribution in [2.24, 2.45) is 0 Å². The van der Waals surface area contributed by atoms with Gasteiger partial charge in [-0.25, -0.2) is 4.98 Å². The van der Waals surface area contributed by atoms with Crippen LogP contribution in [0.3, 0.4) is 0 Å². The average Bonchev–Trinajstić information content (AvgIpc) is 2.76. The predicted molar refractivity (Wildman–Crippen MR) is 116 cm³/mol. The van der Waals surface area contributed by atoms with Crippen molar-refractivity contribution in [3.63, 3.8) is 0 Å². The lowest BCUT2D eigenvalue weighted by Gasteiger charge is -2.29. The third-order valence-electron chi connectivity index (χ3n) is 5.23. The van der Waals surface area contributed by atoms with E-state index in [-0.39, 0.29) is 11.8 Å². The largest absolute Gasteiger partial charge is 0.379 e. The summed E-state index contributed by atoms with van der Waals surface area (Å²) in [6, 6.07) is 0. The number of nitrogens with zero attached hydrogens (tertiary/aromatic N) is 5. The summed E-state index contributed by atoms with van der Waals surface area (Å²) >= 11 is 0. The Morgan fingerprint density at radius 1 is 1.00 bits per heavy atom. The summed E-state index contributed by atoms with van der Waals surface area (Å²) in [6.07, 6.45) is 6.19. The quantitative estimate of drug-likeness (QED) is 0.516. The zero-order valence-corrected chi connectivity index (χ0v) is 18.8. The highest BCUT2D eigenvalue weighted by Crippen LogP contribution is 2.07. The fourth-order valence-electron chi connectivity index (χ4n) is 3.58. The molecule has 2 rings (SSSR count). The van der Waals surface area contributed by atoms with E-state index in [9.17, 15) is 9.59 Å². The number of aromatic nitrogens is 2. The van der Waals surface area contributed by atoms with Crippen molar-refractivity contribution in [1.82, 2.24) is 24.7 Å².